The number of benzene rings is 1. The molecule has 0 unspecified atom stereocenters. The lowest BCUT2D eigenvalue weighted by Gasteiger charge is -2.51. The molecule has 0 aromatic heterocycles. The summed E-state index contributed by atoms with van der Waals surface area (Å²) in [6, 6.07) is 5.80. The van der Waals surface area contributed by atoms with Gasteiger partial charge < -0.3 is 5.11 Å². The molecule has 0 bridgehead atoms. The van der Waals surface area contributed by atoms with E-state index in [2.05, 4.69) is 13.0 Å². The molecule has 29 heavy (non-hydrogen) atoms. The topological polar surface area (TPSA) is 54.4 Å². The van der Waals surface area contributed by atoms with E-state index in [9.17, 15) is 14.7 Å². The molecular weight excluding hydrogens is 360 g/mol. The summed E-state index contributed by atoms with van der Waals surface area (Å²) < 4.78 is 0. The van der Waals surface area contributed by atoms with Gasteiger partial charge >= 0.3 is 5.97 Å². The molecular formula is C26H34O3. The molecule has 3 saturated carbocycles. The molecule has 3 fully saturated rings. The summed E-state index contributed by atoms with van der Waals surface area (Å²) >= 11 is 0. The van der Waals surface area contributed by atoms with Crippen LogP contribution in [0.15, 0.2) is 18.2 Å². The molecule has 0 heterocycles. The number of carbonyl (C=O) groups excluding carboxylic acids is 1. The van der Waals surface area contributed by atoms with Crippen LogP contribution in [0, 0.1) is 29.1 Å². The second kappa shape index (κ2) is 7.25. The van der Waals surface area contributed by atoms with Gasteiger partial charge in [-0.3, -0.25) is 4.79 Å². The Bertz CT molecular complexity index is 821. The van der Waals surface area contributed by atoms with E-state index >= 15 is 0 Å². The van der Waals surface area contributed by atoms with Crippen LogP contribution in [-0.2, 0) is 11.2 Å². The normalized spacial score (nSPS) is 36.7. The van der Waals surface area contributed by atoms with Gasteiger partial charge in [0.15, 0.2) is 0 Å². The number of aromatic carboxylic acids is 1. The molecule has 4 aliphatic rings. The summed E-state index contributed by atoms with van der Waals surface area (Å²) in [6.07, 6.45) is 12.8. The van der Waals surface area contributed by atoms with Crippen LogP contribution in [-0.4, -0.2) is 16.9 Å². The Morgan fingerprint density at radius 2 is 1.79 bits per heavy atom. The number of ketones is 1. The van der Waals surface area contributed by atoms with Crippen LogP contribution in [0.4, 0.5) is 0 Å². The minimum atomic E-state index is -0.828. The number of Topliss-reactive ketones (excluding diaryl/α,β-unsaturated/α-hetero) is 1. The lowest BCUT2D eigenvalue weighted by Crippen LogP contribution is -2.45. The number of hydrogen-bond donors (Lipinski definition) is 1. The molecule has 5 atom stereocenters. The predicted molar refractivity (Wildman–Crippen MR) is 113 cm³/mol. The Kier molecular flexibility index (Phi) is 4.83. The third-order valence-corrected chi connectivity index (χ3v) is 9.32. The van der Waals surface area contributed by atoms with Crippen molar-refractivity contribution in [1.82, 2.24) is 0 Å². The fourth-order valence-corrected chi connectivity index (χ4v) is 7.85. The Hall–Kier alpha value is -1.64. The van der Waals surface area contributed by atoms with E-state index in [0.717, 1.165) is 44.9 Å². The number of aryl methyl sites for hydroxylation is 1. The summed E-state index contributed by atoms with van der Waals surface area (Å²) in [4.78, 5) is 24.8. The summed E-state index contributed by atoms with van der Waals surface area (Å²) in [5, 5.41) is 9.33. The Morgan fingerprint density at radius 3 is 2.55 bits per heavy atom. The summed E-state index contributed by atoms with van der Waals surface area (Å²) in [6.45, 7) is 2.44. The van der Waals surface area contributed by atoms with Crippen molar-refractivity contribution in [3.8, 4) is 0 Å². The van der Waals surface area contributed by atoms with Gasteiger partial charge in [-0.1, -0.05) is 32.3 Å². The number of carboxylic acids is 1. The van der Waals surface area contributed by atoms with Crippen molar-refractivity contribution >= 4 is 11.8 Å². The number of fused-ring (bicyclic) bond motifs is 5. The van der Waals surface area contributed by atoms with Crippen LogP contribution in [0.3, 0.4) is 0 Å². The van der Waals surface area contributed by atoms with Crippen LogP contribution in [0.2, 0.25) is 0 Å². The monoisotopic (exact) mass is 394 g/mol. The first-order valence-corrected chi connectivity index (χ1v) is 11.9. The van der Waals surface area contributed by atoms with Crippen LogP contribution in [0.5, 0.6) is 0 Å². The van der Waals surface area contributed by atoms with Gasteiger partial charge in [0.2, 0.25) is 0 Å². The summed E-state index contributed by atoms with van der Waals surface area (Å²) in [5.74, 6) is 2.28. The number of carbonyl (C=O) groups is 2. The van der Waals surface area contributed by atoms with E-state index in [0.29, 0.717) is 35.0 Å². The highest BCUT2D eigenvalue weighted by Gasteiger charge is 2.57. The van der Waals surface area contributed by atoms with Gasteiger partial charge in [0.05, 0.1) is 5.56 Å². The molecule has 3 nitrogen and oxygen atoms in total. The zero-order valence-corrected chi connectivity index (χ0v) is 17.7. The highest BCUT2D eigenvalue weighted by Crippen LogP contribution is 2.63. The van der Waals surface area contributed by atoms with Crippen molar-refractivity contribution in [2.75, 3.05) is 0 Å². The molecule has 3 heteroatoms. The molecule has 5 rings (SSSR count). The van der Waals surface area contributed by atoms with Crippen molar-refractivity contribution in [3.05, 3.63) is 34.9 Å². The molecule has 0 saturated heterocycles. The molecule has 1 aromatic rings. The number of rotatable bonds is 3. The smallest absolute Gasteiger partial charge is 0.335 e. The van der Waals surface area contributed by atoms with E-state index in [1.54, 1.807) is 6.07 Å². The van der Waals surface area contributed by atoms with Crippen LogP contribution in [0.25, 0.3) is 0 Å². The summed E-state index contributed by atoms with van der Waals surface area (Å²) in [7, 11) is 0. The third kappa shape index (κ3) is 3.07. The average molecular weight is 395 g/mol. The molecule has 4 aliphatic carbocycles. The number of carboxylic acid groups (broad SMARTS) is 1. The first-order valence-electron chi connectivity index (χ1n) is 11.9. The first kappa shape index (κ1) is 19.3. The minimum absolute atomic E-state index is 0.189. The van der Waals surface area contributed by atoms with E-state index in [1.807, 2.05) is 6.07 Å². The van der Waals surface area contributed by atoms with Gasteiger partial charge in [-0.25, -0.2) is 4.79 Å². The van der Waals surface area contributed by atoms with E-state index < -0.39 is 5.97 Å². The maximum absolute atomic E-state index is 13.5. The molecule has 0 amide bonds. The maximum Gasteiger partial charge on any atom is 0.335 e. The van der Waals surface area contributed by atoms with Crippen LogP contribution >= 0.6 is 0 Å². The van der Waals surface area contributed by atoms with Gasteiger partial charge in [-0.15, -0.1) is 0 Å². The van der Waals surface area contributed by atoms with E-state index in [1.165, 1.54) is 36.8 Å². The highest BCUT2D eigenvalue weighted by atomic mass is 16.4. The Labute approximate surface area is 174 Å². The van der Waals surface area contributed by atoms with Crippen molar-refractivity contribution in [2.24, 2.45) is 29.1 Å². The van der Waals surface area contributed by atoms with Crippen LogP contribution < -0.4 is 0 Å². The quantitative estimate of drug-likeness (QED) is 0.683. The Morgan fingerprint density at radius 1 is 1.00 bits per heavy atom. The van der Waals surface area contributed by atoms with Crippen molar-refractivity contribution in [3.63, 3.8) is 0 Å². The van der Waals surface area contributed by atoms with Gasteiger partial charge in [-0.05, 0) is 97.8 Å². The molecule has 0 spiro atoms. The molecule has 0 aliphatic heterocycles. The fourth-order valence-electron chi connectivity index (χ4n) is 7.85. The maximum atomic E-state index is 13.5. The van der Waals surface area contributed by atoms with Crippen LogP contribution in [0.1, 0.15) is 98.5 Å². The largest absolute Gasteiger partial charge is 0.478 e. The van der Waals surface area contributed by atoms with Crippen molar-refractivity contribution in [1.29, 1.82) is 0 Å². The van der Waals surface area contributed by atoms with Gasteiger partial charge in [0, 0.05) is 11.8 Å². The SMILES string of the molecule is C[C@]12CC[C@@H]3c4ccc(C(=O)O)cc4CC[C@H]3[C@@H]1CC[C@@H]2C(=O)C1CCCCC1. The van der Waals surface area contributed by atoms with E-state index in [-0.39, 0.29) is 11.3 Å². The second-order valence-electron chi connectivity index (χ2n) is 10.5. The molecule has 1 aromatic carbocycles. The summed E-state index contributed by atoms with van der Waals surface area (Å²) in [5.41, 5.74) is 3.26. The second-order valence-corrected chi connectivity index (χ2v) is 10.5. The Balaban J connectivity index is 1.39. The first-order chi connectivity index (χ1) is 14.0. The lowest BCUT2D eigenvalue weighted by molar-refractivity contribution is -0.133. The number of hydrogen-bond acceptors (Lipinski definition) is 2. The van der Waals surface area contributed by atoms with Crippen molar-refractivity contribution in [2.45, 2.75) is 83.5 Å². The third-order valence-electron chi connectivity index (χ3n) is 9.32. The zero-order valence-electron chi connectivity index (χ0n) is 17.7. The van der Waals surface area contributed by atoms with E-state index in [4.69, 9.17) is 0 Å². The van der Waals surface area contributed by atoms with Crippen molar-refractivity contribution < 1.29 is 14.7 Å². The highest BCUT2D eigenvalue weighted by molar-refractivity contribution is 5.88. The molecule has 1 N–H and O–H groups in total. The molecule has 0 radical (unpaired) electrons. The van der Waals surface area contributed by atoms with Gasteiger partial charge in [0.25, 0.3) is 0 Å². The minimum Gasteiger partial charge on any atom is -0.478 e. The zero-order chi connectivity index (χ0) is 20.2. The fraction of sp³-hybridized carbons (Fsp3) is 0.692. The molecule has 156 valence electrons. The predicted octanol–water partition coefficient (Wildman–Crippen LogP) is 6.01. The standard InChI is InChI=1S/C26H34O3/c1-26-14-13-20-19-9-8-18(25(28)29)15-17(19)7-10-21(20)22(26)11-12-23(26)24(27)16-5-3-2-4-6-16/h8-9,15-16,20-23H,2-7,10-14H2,1H3,(H,28,29)/t20-,21-,22+,23-,26+/m1/s1. The lowest BCUT2D eigenvalue weighted by atomic mass is 9.53. The van der Waals surface area contributed by atoms with Gasteiger partial charge in [0.1, 0.15) is 5.78 Å². The average Bonchev–Trinajstić information content (AvgIpc) is 3.10. The van der Waals surface area contributed by atoms with Gasteiger partial charge in [-0.2, -0.15) is 0 Å².